The van der Waals surface area contributed by atoms with Gasteiger partial charge in [-0.15, -0.1) is 0 Å². The van der Waals surface area contributed by atoms with Crippen molar-refractivity contribution in [2.24, 2.45) is 0 Å². The summed E-state index contributed by atoms with van der Waals surface area (Å²) in [7, 11) is 1.62. The van der Waals surface area contributed by atoms with Gasteiger partial charge in [0.1, 0.15) is 5.75 Å². The number of para-hydroxylation sites is 1. The Kier molecular flexibility index (Phi) is 3.69. The van der Waals surface area contributed by atoms with Crippen LogP contribution in [0.5, 0.6) is 5.75 Å². The molecule has 0 aliphatic heterocycles. The fourth-order valence-corrected chi connectivity index (χ4v) is 3.57. The zero-order valence-electron chi connectivity index (χ0n) is 13.6. The molecular weight excluding hydrogens is 298 g/mol. The van der Waals surface area contributed by atoms with Crippen molar-refractivity contribution in [1.82, 2.24) is 0 Å². The first-order valence-corrected chi connectivity index (χ1v) is 8.21. The number of carbonyl (C=O) groups excluding carboxylic acids is 1. The minimum Gasteiger partial charge on any atom is -0.496 e. The summed E-state index contributed by atoms with van der Waals surface area (Å²) >= 11 is 0. The SMILES string of the molecule is COc1ccccc1CC(=O)Nc1ccc2c3c(cccc13)CC2. The van der Waals surface area contributed by atoms with Crippen molar-refractivity contribution in [3.05, 3.63) is 71.3 Å². The average Bonchev–Trinajstić information content (AvgIpc) is 3.03. The zero-order chi connectivity index (χ0) is 16.5. The van der Waals surface area contributed by atoms with E-state index >= 15 is 0 Å². The molecule has 0 saturated carbocycles. The Labute approximate surface area is 141 Å². The van der Waals surface area contributed by atoms with Gasteiger partial charge in [0.05, 0.1) is 13.5 Å². The van der Waals surface area contributed by atoms with E-state index in [1.807, 2.05) is 30.3 Å². The summed E-state index contributed by atoms with van der Waals surface area (Å²) in [5.41, 5.74) is 4.53. The Morgan fingerprint density at radius 3 is 2.62 bits per heavy atom. The molecule has 1 aliphatic rings. The van der Waals surface area contributed by atoms with Gasteiger partial charge in [0.25, 0.3) is 0 Å². The molecular formula is C21H19NO2. The topological polar surface area (TPSA) is 38.3 Å². The first kappa shape index (κ1) is 14.8. The second-order valence-electron chi connectivity index (χ2n) is 6.15. The van der Waals surface area contributed by atoms with Gasteiger partial charge in [0, 0.05) is 16.6 Å². The minimum absolute atomic E-state index is 0.0294. The van der Waals surface area contributed by atoms with Gasteiger partial charge in [-0.05, 0) is 41.5 Å². The number of ether oxygens (including phenoxy) is 1. The van der Waals surface area contributed by atoms with Crippen LogP contribution in [0.2, 0.25) is 0 Å². The molecule has 1 aliphatic carbocycles. The summed E-state index contributed by atoms with van der Waals surface area (Å²) in [5.74, 6) is 0.714. The van der Waals surface area contributed by atoms with Crippen molar-refractivity contribution >= 4 is 22.4 Å². The van der Waals surface area contributed by atoms with Gasteiger partial charge in [-0.3, -0.25) is 4.79 Å². The fraction of sp³-hybridized carbons (Fsp3) is 0.190. The Bertz CT molecular complexity index is 920. The van der Waals surface area contributed by atoms with E-state index in [0.29, 0.717) is 6.42 Å². The lowest BCUT2D eigenvalue weighted by molar-refractivity contribution is -0.115. The van der Waals surface area contributed by atoms with Crippen molar-refractivity contribution < 1.29 is 9.53 Å². The molecule has 4 rings (SSSR count). The molecule has 0 atom stereocenters. The number of carbonyl (C=O) groups is 1. The first-order chi connectivity index (χ1) is 11.8. The molecule has 0 saturated heterocycles. The number of anilines is 1. The van der Waals surface area contributed by atoms with Crippen LogP contribution < -0.4 is 10.1 Å². The summed E-state index contributed by atoms with van der Waals surface area (Å²) in [6, 6.07) is 18.1. The zero-order valence-corrected chi connectivity index (χ0v) is 13.6. The Morgan fingerprint density at radius 2 is 1.79 bits per heavy atom. The molecule has 0 radical (unpaired) electrons. The third-order valence-electron chi connectivity index (χ3n) is 4.69. The largest absolute Gasteiger partial charge is 0.496 e. The van der Waals surface area contributed by atoms with Crippen LogP contribution in [-0.4, -0.2) is 13.0 Å². The van der Waals surface area contributed by atoms with E-state index in [0.717, 1.165) is 35.2 Å². The number of rotatable bonds is 4. The molecule has 0 bridgehead atoms. The van der Waals surface area contributed by atoms with Crippen LogP contribution in [0.3, 0.4) is 0 Å². The van der Waals surface area contributed by atoms with Crippen molar-refractivity contribution in [3.63, 3.8) is 0 Å². The van der Waals surface area contributed by atoms with Gasteiger partial charge in [0.15, 0.2) is 0 Å². The van der Waals surface area contributed by atoms with Crippen LogP contribution in [0.25, 0.3) is 10.8 Å². The third-order valence-corrected chi connectivity index (χ3v) is 4.69. The van der Waals surface area contributed by atoms with E-state index in [-0.39, 0.29) is 5.91 Å². The maximum atomic E-state index is 12.5. The normalized spacial score (nSPS) is 12.4. The molecule has 3 nitrogen and oxygen atoms in total. The van der Waals surface area contributed by atoms with E-state index in [9.17, 15) is 4.79 Å². The number of hydrogen-bond donors (Lipinski definition) is 1. The van der Waals surface area contributed by atoms with E-state index in [2.05, 4.69) is 29.6 Å². The highest BCUT2D eigenvalue weighted by atomic mass is 16.5. The molecule has 0 heterocycles. The Morgan fingerprint density at radius 1 is 1.00 bits per heavy atom. The lowest BCUT2D eigenvalue weighted by Gasteiger charge is -2.12. The quantitative estimate of drug-likeness (QED) is 0.786. The molecule has 0 unspecified atom stereocenters. The van der Waals surface area contributed by atoms with E-state index in [1.165, 1.54) is 16.5 Å². The number of methoxy groups -OCH3 is 1. The highest BCUT2D eigenvalue weighted by Gasteiger charge is 2.17. The van der Waals surface area contributed by atoms with Crippen molar-refractivity contribution in [1.29, 1.82) is 0 Å². The van der Waals surface area contributed by atoms with Crippen LogP contribution >= 0.6 is 0 Å². The molecule has 3 heteroatoms. The van der Waals surface area contributed by atoms with Gasteiger partial charge in [-0.1, -0.05) is 42.5 Å². The number of amides is 1. The van der Waals surface area contributed by atoms with E-state index in [4.69, 9.17) is 4.74 Å². The molecule has 3 aromatic rings. The summed E-state index contributed by atoms with van der Waals surface area (Å²) in [5, 5.41) is 5.52. The molecule has 24 heavy (non-hydrogen) atoms. The predicted molar refractivity (Wildman–Crippen MR) is 96.7 cm³/mol. The summed E-state index contributed by atoms with van der Waals surface area (Å²) in [4.78, 5) is 12.5. The molecule has 1 amide bonds. The molecule has 0 aromatic heterocycles. The van der Waals surface area contributed by atoms with Crippen LogP contribution in [0.4, 0.5) is 5.69 Å². The highest BCUT2D eigenvalue weighted by Crippen LogP contribution is 2.35. The first-order valence-electron chi connectivity index (χ1n) is 8.21. The number of nitrogens with one attached hydrogen (secondary N) is 1. The average molecular weight is 317 g/mol. The standard InChI is InChI=1S/C21H19NO2/c1-24-19-8-3-2-5-16(19)13-20(23)22-18-12-11-15-10-9-14-6-4-7-17(18)21(14)15/h2-8,11-12H,9-10,13H2,1H3,(H,22,23). The van der Waals surface area contributed by atoms with Gasteiger partial charge in [-0.25, -0.2) is 0 Å². The minimum atomic E-state index is -0.0294. The molecule has 1 N–H and O–H groups in total. The Hall–Kier alpha value is -2.81. The van der Waals surface area contributed by atoms with Crippen molar-refractivity contribution in [2.45, 2.75) is 19.3 Å². The van der Waals surface area contributed by atoms with Gasteiger partial charge in [-0.2, -0.15) is 0 Å². The van der Waals surface area contributed by atoms with Crippen LogP contribution in [0, 0.1) is 0 Å². The number of hydrogen-bond acceptors (Lipinski definition) is 2. The molecule has 0 spiro atoms. The van der Waals surface area contributed by atoms with Gasteiger partial charge >= 0.3 is 0 Å². The van der Waals surface area contributed by atoms with E-state index in [1.54, 1.807) is 7.11 Å². The van der Waals surface area contributed by atoms with Crippen molar-refractivity contribution in [2.75, 3.05) is 12.4 Å². The lowest BCUT2D eigenvalue weighted by Crippen LogP contribution is -2.15. The van der Waals surface area contributed by atoms with E-state index < -0.39 is 0 Å². The van der Waals surface area contributed by atoms with Gasteiger partial charge < -0.3 is 10.1 Å². The summed E-state index contributed by atoms with van der Waals surface area (Å²) in [6.07, 6.45) is 2.48. The monoisotopic (exact) mass is 317 g/mol. The highest BCUT2D eigenvalue weighted by molar-refractivity contribution is 6.05. The maximum absolute atomic E-state index is 12.5. The van der Waals surface area contributed by atoms with Crippen LogP contribution in [0.15, 0.2) is 54.6 Å². The summed E-state index contributed by atoms with van der Waals surface area (Å²) < 4.78 is 5.33. The molecule has 3 aromatic carbocycles. The number of benzene rings is 3. The third kappa shape index (κ3) is 2.52. The van der Waals surface area contributed by atoms with Crippen LogP contribution in [-0.2, 0) is 24.1 Å². The lowest BCUT2D eigenvalue weighted by atomic mass is 10.0. The Balaban J connectivity index is 1.62. The van der Waals surface area contributed by atoms with Crippen molar-refractivity contribution in [3.8, 4) is 5.75 Å². The second-order valence-corrected chi connectivity index (χ2v) is 6.15. The molecule has 120 valence electrons. The van der Waals surface area contributed by atoms with Crippen LogP contribution in [0.1, 0.15) is 16.7 Å². The second kappa shape index (κ2) is 6.00. The summed E-state index contributed by atoms with van der Waals surface area (Å²) in [6.45, 7) is 0. The number of aryl methyl sites for hydroxylation is 2. The smallest absolute Gasteiger partial charge is 0.228 e. The van der Waals surface area contributed by atoms with Gasteiger partial charge in [0.2, 0.25) is 5.91 Å². The predicted octanol–water partition coefficient (Wildman–Crippen LogP) is 4.13. The fourth-order valence-electron chi connectivity index (χ4n) is 3.57. The molecule has 0 fully saturated rings. The maximum Gasteiger partial charge on any atom is 0.228 e.